The Morgan fingerprint density at radius 2 is 1.47 bits per heavy atom. The summed E-state index contributed by atoms with van der Waals surface area (Å²) in [6.07, 6.45) is 2.47. The lowest BCUT2D eigenvalue weighted by molar-refractivity contribution is 0.0936. The molecule has 3 aromatic rings. The van der Waals surface area contributed by atoms with Crippen LogP contribution in [0.5, 0.6) is 0 Å². The molecular formula is C26H29ClF2N4O. The van der Waals surface area contributed by atoms with Gasteiger partial charge in [-0.1, -0.05) is 30.3 Å². The van der Waals surface area contributed by atoms with Crippen LogP contribution in [-0.4, -0.2) is 60.0 Å². The van der Waals surface area contributed by atoms with Crippen molar-refractivity contribution in [3.8, 4) is 0 Å². The molecule has 2 aromatic carbocycles. The standard InChI is InChI=1S/C26H28F2N4O.ClH/c27-22-9-5-20(6-10-22)25(21-7-11-23(28)12-8-21)32-18-16-31(17-19-32)15-3-14-30-26(33)24-4-1-2-13-29-24;/h1-2,4-13,25H,3,14-19H2,(H,30,33);1H. The maximum atomic E-state index is 13.5. The van der Waals surface area contributed by atoms with Gasteiger partial charge in [0.1, 0.15) is 17.3 Å². The number of pyridine rings is 1. The molecule has 0 bridgehead atoms. The van der Waals surface area contributed by atoms with Crippen LogP contribution < -0.4 is 5.32 Å². The maximum Gasteiger partial charge on any atom is 0.269 e. The number of nitrogens with zero attached hydrogens (tertiary/aromatic N) is 3. The number of rotatable bonds is 8. The number of hydrogen-bond donors (Lipinski definition) is 1. The minimum absolute atomic E-state index is 0. The van der Waals surface area contributed by atoms with Gasteiger partial charge < -0.3 is 10.2 Å². The number of piperazine rings is 1. The lowest BCUT2D eigenvalue weighted by atomic mass is 9.96. The van der Waals surface area contributed by atoms with Gasteiger partial charge in [-0.05, 0) is 60.5 Å². The van der Waals surface area contributed by atoms with E-state index in [-0.39, 0.29) is 36.0 Å². The lowest BCUT2D eigenvalue weighted by Crippen LogP contribution is -2.48. The summed E-state index contributed by atoms with van der Waals surface area (Å²) in [6, 6.07) is 18.4. The summed E-state index contributed by atoms with van der Waals surface area (Å²) < 4.78 is 27.0. The molecule has 0 unspecified atom stereocenters. The quantitative estimate of drug-likeness (QED) is 0.482. The fourth-order valence-electron chi connectivity index (χ4n) is 4.24. The van der Waals surface area contributed by atoms with Gasteiger partial charge >= 0.3 is 0 Å². The first-order valence-electron chi connectivity index (χ1n) is 11.3. The zero-order valence-electron chi connectivity index (χ0n) is 18.9. The minimum atomic E-state index is -0.267. The van der Waals surface area contributed by atoms with Crippen LogP contribution in [-0.2, 0) is 0 Å². The largest absolute Gasteiger partial charge is 0.351 e. The molecule has 1 fully saturated rings. The summed E-state index contributed by atoms with van der Waals surface area (Å²) in [5.41, 5.74) is 2.42. The van der Waals surface area contributed by atoms with E-state index in [2.05, 4.69) is 20.1 Å². The van der Waals surface area contributed by atoms with Crippen LogP contribution in [0.1, 0.15) is 34.1 Å². The van der Waals surface area contributed by atoms with E-state index in [1.165, 1.54) is 24.3 Å². The zero-order chi connectivity index (χ0) is 23.0. The highest BCUT2D eigenvalue weighted by atomic mass is 35.5. The zero-order valence-corrected chi connectivity index (χ0v) is 19.7. The first-order valence-corrected chi connectivity index (χ1v) is 11.3. The number of benzene rings is 2. The van der Waals surface area contributed by atoms with Gasteiger partial charge in [0, 0.05) is 38.9 Å². The molecule has 0 spiro atoms. The van der Waals surface area contributed by atoms with Crippen LogP contribution in [0.4, 0.5) is 8.78 Å². The Bertz CT molecular complexity index is 981. The first-order chi connectivity index (χ1) is 16.1. The number of aromatic nitrogens is 1. The Balaban J connectivity index is 0.00000324. The lowest BCUT2D eigenvalue weighted by Gasteiger charge is -2.39. The summed E-state index contributed by atoms with van der Waals surface area (Å²) in [7, 11) is 0. The van der Waals surface area contributed by atoms with Gasteiger partial charge in [0.25, 0.3) is 5.91 Å². The van der Waals surface area contributed by atoms with Crippen LogP contribution in [0.3, 0.4) is 0 Å². The summed E-state index contributed by atoms with van der Waals surface area (Å²) in [4.78, 5) is 20.9. The summed E-state index contributed by atoms with van der Waals surface area (Å²) in [5, 5.41) is 2.92. The average Bonchev–Trinajstić information content (AvgIpc) is 2.85. The molecule has 0 saturated carbocycles. The second kappa shape index (κ2) is 12.6. The molecular weight excluding hydrogens is 458 g/mol. The summed E-state index contributed by atoms with van der Waals surface area (Å²) in [6.45, 7) is 4.98. The fraction of sp³-hybridized carbons (Fsp3) is 0.308. The Kier molecular flexibility index (Phi) is 9.51. The molecule has 34 heavy (non-hydrogen) atoms. The highest BCUT2D eigenvalue weighted by molar-refractivity contribution is 5.92. The molecule has 1 aliphatic heterocycles. The second-order valence-electron chi connectivity index (χ2n) is 8.21. The number of amides is 1. The molecule has 4 rings (SSSR count). The van der Waals surface area contributed by atoms with Crippen molar-refractivity contribution in [1.29, 1.82) is 0 Å². The molecule has 1 aliphatic rings. The SMILES string of the molecule is Cl.O=C(NCCCN1CCN(C(c2ccc(F)cc2)c2ccc(F)cc2)CC1)c1ccccn1. The Morgan fingerprint density at radius 1 is 0.882 bits per heavy atom. The van der Waals surface area contributed by atoms with Gasteiger partial charge in [-0.2, -0.15) is 0 Å². The molecule has 0 atom stereocenters. The van der Waals surface area contributed by atoms with Gasteiger partial charge in [-0.25, -0.2) is 8.78 Å². The molecule has 1 aromatic heterocycles. The highest BCUT2D eigenvalue weighted by Gasteiger charge is 2.26. The Hall–Kier alpha value is -2.87. The normalized spacial score (nSPS) is 14.6. The molecule has 1 amide bonds. The van der Waals surface area contributed by atoms with Gasteiger partial charge in [0.2, 0.25) is 0 Å². The highest BCUT2D eigenvalue weighted by Crippen LogP contribution is 2.30. The van der Waals surface area contributed by atoms with E-state index in [9.17, 15) is 13.6 Å². The predicted molar refractivity (Wildman–Crippen MR) is 131 cm³/mol. The molecule has 8 heteroatoms. The number of hydrogen-bond acceptors (Lipinski definition) is 4. The van der Waals surface area contributed by atoms with Crippen molar-refractivity contribution in [2.75, 3.05) is 39.3 Å². The predicted octanol–water partition coefficient (Wildman–Crippen LogP) is 4.31. The van der Waals surface area contributed by atoms with E-state index < -0.39 is 0 Å². The van der Waals surface area contributed by atoms with Crippen molar-refractivity contribution >= 4 is 18.3 Å². The van der Waals surface area contributed by atoms with Crippen LogP contribution >= 0.6 is 12.4 Å². The minimum Gasteiger partial charge on any atom is -0.351 e. The molecule has 2 heterocycles. The van der Waals surface area contributed by atoms with Gasteiger partial charge in [0.15, 0.2) is 0 Å². The van der Waals surface area contributed by atoms with Crippen molar-refractivity contribution in [3.05, 3.63) is 101 Å². The van der Waals surface area contributed by atoms with Crippen LogP contribution in [0, 0.1) is 11.6 Å². The third-order valence-electron chi connectivity index (χ3n) is 5.98. The van der Waals surface area contributed by atoms with E-state index in [0.29, 0.717) is 12.2 Å². The number of carbonyl (C=O) groups is 1. The summed E-state index contributed by atoms with van der Waals surface area (Å²) in [5.74, 6) is -0.685. The molecule has 1 saturated heterocycles. The van der Waals surface area contributed by atoms with E-state index in [1.54, 1.807) is 48.7 Å². The second-order valence-corrected chi connectivity index (χ2v) is 8.21. The Labute approximate surface area is 205 Å². The third-order valence-corrected chi connectivity index (χ3v) is 5.98. The maximum absolute atomic E-state index is 13.5. The van der Waals surface area contributed by atoms with Crippen LogP contribution in [0.2, 0.25) is 0 Å². The molecule has 0 radical (unpaired) electrons. The van der Waals surface area contributed by atoms with Gasteiger partial charge in [-0.15, -0.1) is 12.4 Å². The van der Waals surface area contributed by atoms with Crippen molar-refractivity contribution in [3.63, 3.8) is 0 Å². The van der Waals surface area contributed by atoms with Crippen molar-refractivity contribution in [1.82, 2.24) is 20.1 Å². The van der Waals surface area contributed by atoms with Crippen LogP contribution in [0.15, 0.2) is 72.9 Å². The molecule has 180 valence electrons. The third kappa shape index (κ3) is 6.82. The van der Waals surface area contributed by atoms with E-state index in [1.807, 2.05) is 0 Å². The van der Waals surface area contributed by atoms with Crippen molar-refractivity contribution in [2.45, 2.75) is 12.5 Å². The monoisotopic (exact) mass is 486 g/mol. The van der Waals surface area contributed by atoms with Crippen molar-refractivity contribution in [2.24, 2.45) is 0 Å². The fourth-order valence-corrected chi connectivity index (χ4v) is 4.24. The van der Waals surface area contributed by atoms with Gasteiger partial charge in [0.05, 0.1) is 6.04 Å². The summed E-state index contributed by atoms with van der Waals surface area (Å²) >= 11 is 0. The average molecular weight is 487 g/mol. The first kappa shape index (κ1) is 25.7. The number of nitrogens with one attached hydrogen (secondary N) is 1. The molecule has 5 nitrogen and oxygen atoms in total. The topological polar surface area (TPSA) is 48.5 Å². The number of halogens is 3. The van der Waals surface area contributed by atoms with E-state index >= 15 is 0 Å². The number of carbonyl (C=O) groups excluding carboxylic acids is 1. The smallest absolute Gasteiger partial charge is 0.269 e. The van der Waals surface area contributed by atoms with Crippen LogP contribution in [0.25, 0.3) is 0 Å². The van der Waals surface area contributed by atoms with E-state index in [4.69, 9.17) is 0 Å². The Morgan fingerprint density at radius 3 is 2.00 bits per heavy atom. The van der Waals surface area contributed by atoms with Gasteiger partial charge in [-0.3, -0.25) is 14.7 Å². The molecule has 1 N–H and O–H groups in total. The van der Waals surface area contributed by atoms with E-state index in [0.717, 1.165) is 50.3 Å². The molecule has 0 aliphatic carbocycles. The van der Waals surface area contributed by atoms with Crippen molar-refractivity contribution < 1.29 is 13.6 Å².